The van der Waals surface area contributed by atoms with Crippen molar-refractivity contribution in [2.45, 2.75) is 6.42 Å². The van der Waals surface area contributed by atoms with Crippen molar-refractivity contribution in [2.24, 2.45) is 0 Å². The average molecular weight is 389 g/mol. The summed E-state index contributed by atoms with van der Waals surface area (Å²) < 4.78 is 26.4. The number of hydrazine groups is 1. The van der Waals surface area contributed by atoms with Crippen LogP contribution >= 0.6 is 0 Å². The summed E-state index contributed by atoms with van der Waals surface area (Å²) in [4.78, 5) is 27.4. The number of amides is 2. The first-order valence-electron chi connectivity index (χ1n) is 9.21. The average Bonchev–Trinajstić information content (AvgIpc) is 2.71. The SMILES string of the molecule is O=C(CC[NH+]1CCN(c2ccccc2)CC1)NNC(=O)c1ccc(F)cc1F. The molecule has 0 aromatic heterocycles. The van der Waals surface area contributed by atoms with Crippen molar-refractivity contribution in [1.29, 1.82) is 0 Å². The fourth-order valence-electron chi connectivity index (χ4n) is 3.19. The number of hydrogen-bond acceptors (Lipinski definition) is 3. The number of carbonyl (C=O) groups is 2. The number of hydrogen-bond donors (Lipinski definition) is 3. The Morgan fingerprint density at radius 2 is 1.71 bits per heavy atom. The van der Waals surface area contributed by atoms with Gasteiger partial charge in [0.25, 0.3) is 5.91 Å². The van der Waals surface area contributed by atoms with Gasteiger partial charge in [0.1, 0.15) is 11.6 Å². The molecule has 1 fully saturated rings. The number of piperazine rings is 1. The molecule has 0 bridgehead atoms. The maximum Gasteiger partial charge on any atom is 0.272 e. The van der Waals surface area contributed by atoms with Gasteiger partial charge in [-0.1, -0.05) is 18.2 Å². The fourth-order valence-corrected chi connectivity index (χ4v) is 3.19. The first-order chi connectivity index (χ1) is 13.5. The molecule has 1 aliphatic rings. The molecule has 2 amide bonds. The van der Waals surface area contributed by atoms with Crippen molar-refractivity contribution in [3.05, 3.63) is 65.7 Å². The van der Waals surface area contributed by atoms with Crippen LogP contribution in [0.15, 0.2) is 48.5 Å². The van der Waals surface area contributed by atoms with Crippen molar-refractivity contribution in [2.75, 3.05) is 37.6 Å². The Kier molecular flexibility index (Phi) is 6.54. The lowest BCUT2D eigenvalue weighted by atomic mass is 10.2. The topological polar surface area (TPSA) is 65.9 Å². The quantitative estimate of drug-likeness (QED) is 0.654. The molecule has 6 nitrogen and oxygen atoms in total. The summed E-state index contributed by atoms with van der Waals surface area (Å²) in [6.07, 6.45) is 0.243. The minimum absolute atomic E-state index is 0.243. The largest absolute Gasteiger partial charge is 0.360 e. The lowest BCUT2D eigenvalue weighted by Crippen LogP contribution is -3.15. The van der Waals surface area contributed by atoms with Crippen LogP contribution < -0.4 is 20.7 Å². The van der Waals surface area contributed by atoms with Gasteiger partial charge in [-0.25, -0.2) is 8.78 Å². The number of benzene rings is 2. The molecule has 2 aromatic carbocycles. The predicted octanol–water partition coefficient (Wildman–Crippen LogP) is 0.521. The van der Waals surface area contributed by atoms with Gasteiger partial charge in [-0.05, 0) is 24.3 Å². The molecule has 0 aliphatic carbocycles. The second kappa shape index (κ2) is 9.27. The lowest BCUT2D eigenvalue weighted by Gasteiger charge is -2.33. The molecule has 1 aliphatic heterocycles. The molecule has 148 valence electrons. The lowest BCUT2D eigenvalue weighted by molar-refractivity contribution is -0.900. The van der Waals surface area contributed by atoms with Gasteiger partial charge in [-0.3, -0.25) is 20.4 Å². The number of halogens is 2. The van der Waals surface area contributed by atoms with Crippen molar-refractivity contribution in [1.82, 2.24) is 10.9 Å². The summed E-state index contributed by atoms with van der Waals surface area (Å²) in [6.45, 7) is 4.34. The highest BCUT2D eigenvalue weighted by Gasteiger charge is 2.21. The van der Waals surface area contributed by atoms with E-state index in [-0.39, 0.29) is 17.9 Å². The zero-order valence-electron chi connectivity index (χ0n) is 15.4. The van der Waals surface area contributed by atoms with Gasteiger partial charge in [0, 0.05) is 11.8 Å². The first kappa shape index (κ1) is 19.8. The van der Waals surface area contributed by atoms with Gasteiger partial charge in [0.2, 0.25) is 5.91 Å². The Hall–Kier alpha value is -3.00. The van der Waals surface area contributed by atoms with E-state index in [1.54, 1.807) is 0 Å². The van der Waals surface area contributed by atoms with Gasteiger partial charge in [0.15, 0.2) is 0 Å². The molecule has 1 saturated heterocycles. The van der Waals surface area contributed by atoms with E-state index in [2.05, 4.69) is 27.9 Å². The Balaban J connectivity index is 1.37. The number of rotatable bonds is 5. The molecule has 0 saturated carbocycles. The second-order valence-electron chi connectivity index (χ2n) is 6.70. The van der Waals surface area contributed by atoms with Crippen LogP contribution in [0.4, 0.5) is 14.5 Å². The fraction of sp³-hybridized carbons (Fsp3) is 0.300. The monoisotopic (exact) mass is 389 g/mol. The number of nitrogens with zero attached hydrogens (tertiary/aromatic N) is 1. The maximum atomic E-state index is 13.5. The number of anilines is 1. The molecule has 0 radical (unpaired) electrons. The van der Waals surface area contributed by atoms with E-state index >= 15 is 0 Å². The van der Waals surface area contributed by atoms with Crippen molar-refractivity contribution < 1.29 is 23.3 Å². The van der Waals surface area contributed by atoms with E-state index < -0.39 is 17.5 Å². The Bertz CT molecular complexity index is 824. The van der Waals surface area contributed by atoms with Gasteiger partial charge in [0.05, 0.1) is 44.7 Å². The number of nitrogens with one attached hydrogen (secondary N) is 3. The molecular weight excluding hydrogens is 366 g/mol. The van der Waals surface area contributed by atoms with Crippen molar-refractivity contribution in [3.63, 3.8) is 0 Å². The summed E-state index contributed by atoms with van der Waals surface area (Å²) >= 11 is 0. The predicted molar refractivity (Wildman–Crippen MR) is 101 cm³/mol. The van der Waals surface area contributed by atoms with Crippen LogP contribution in [0.25, 0.3) is 0 Å². The molecule has 1 heterocycles. The smallest absolute Gasteiger partial charge is 0.272 e. The number of para-hydroxylation sites is 1. The van der Waals surface area contributed by atoms with Crippen LogP contribution in [0.1, 0.15) is 16.8 Å². The number of carbonyl (C=O) groups excluding carboxylic acids is 2. The molecule has 3 N–H and O–H groups in total. The zero-order valence-corrected chi connectivity index (χ0v) is 15.4. The van der Waals surface area contributed by atoms with Gasteiger partial charge >= 0.3 is 0 Å². The number of quaternary nitrogens is 1. The van der Waals surface area contributed by atoms with E-state index in [0.29, 0.717) is 12.6 Å². The molecule has 3 rings (SSSR count). The minimum atomic E-state index is -0.979. The standard InChI is InChI=1S/C20H22F2N4O2/c21-15-6-7-17(18(22)14-15)20(28)24-23-19(27)8-9-25-10-12-26(13-11-25)16-4-2-1-3-5-16/h1-7,14H,8-13H2,(H,23,27)(H,24,28)/p+1. The first-order valence-corrected chi connectivity index (χ1v) is 9.21. The van der Waals surface area contributed by atoms with E-state index in [9.17, 15) is 18.4 Å². The third-order valence-corrected chi connectivity index (χ3v) is 4.79. The molecule has 0 spiro atoms. The molecular formula is C20H23F2N4O2+. The second-order valence-corrected chi connectivity index (χ2v) is 6.70. The molecule has 28 heavy (non-hydrogen) atoms. The summed E-state index contributed by atoms with van der Waals surface area (Å²) in [6, 6.07) is 12.8. The summed E-state index contributed by atoms with van der Waals surface area (Å²) in [5, 5.41) is 0. The minimum Gasteiger partial charge on any atom is -0.360 e. The molecule has 0 unspecified atom stereocenters. The van der Waals surface area contributed by atoms with Crippen LogP contribution in [-0.4, -0.2) is 44.5 Å². The van der Waals surface area contributed by atoms with Crippen molar-refractivity contribution >= 4 is 17.5 Å². The van der Waals surface area contributed by atoms with Gasteiger partial charge in [-0.2, -0.15) is 0 Å². The third-order valence-electron chi connectivity index (χ3n) is 4.79. The van der Waals surface area contributed by atoms with Crippen LogP contribution in [0, 0.1) is 11.6 Å². The van der Waals surface area contributed by atoms with Gasteiger partial charge < -0.3 is 9.80 Å². The van der Waals surface area contributed by atoms with E-state index in [1.807, 2.05) is 18.2 Å². The van der Waals surface area contributed by atoms with Gasteiger partial charge in [-0.15, -0.1) is 0 Å². The summed E-state index contributed by atoms with van der Waals surface area (Å²) in [5.74, 6) is -2.93. The van der Waals surface area contributed by atoms with E-state index in [1.165, 1.54) is 10.6 Å². The summed E-state index contributed by atoms with van der Waals surface area (Å²) in [7, 11) is 0. The van der Waals surface area contributed by atoms with E-state index in [0.717, 1.165) is 38.3 Å². The Labute approximate surface area is 162 Å². The normalized spacial score (nSPS) is 14.6. The Morgan fingerprint density at radius 1 is 1.00 bits per heavy atom. The van der Waals surface area contributed by atoms with Crippen LogP contribution in [0.2, 0.25) is 0 Å². The highest BCUT2D eigenvalue weighted by atomic mass is 19.1. The summed E-state index contributed by atoms with van der Waals surface area (Å²) in [5.41, 5.74) is 5.31. The van der Waals surface area contributed by atoms with E-state index in [4.69, 9.17) is 0 Å². The van der Waals surface area contributed by atoms with Crippen molar-refractivity contribution in [3.8, 4) is 0 Å². The highest BCUT2D eigenvalue weighted by Crippen LogP contribution is 2.12. The molecule has 0 atom stereocenters. The zero-order chi connectivity index (χ0) is 19.9. The van der Waals surface area contributed by atoms with Crippen LogP contribution in [-0.2, 0) is 4.79 Å². The maximum absolute atomic E-state index is 13.5. The molecule has 8 heteroatoms. The third kappa shape index (κ3) is 5.26. The van der Waals surface area contributed by atoms with Crippen LogP contribution in [0.3, 0.4) is 0 Å². The Morgan fingerprint density at radius 3 is 2.39 bits per heavy atom. The van der Waals surface area contributed by atoms with Crippen LogP contribution in [0.5, 0.6) is 0 Å². The molecule has 2 aromatic rings. The highest BCUT2D eigenvalue weighted by molar-refractivity contribution is 5.95.